The second kappa shape index (κ2) is 5.98. The molecule has 5 heteroatoms. The highest BCUT2D eigenvalue weighted by atomic mass is 79.9. The largest absolute Gasteiger partial charge is 0.480 e. The minimum absolute atomic E-state index is 0.135. The van der Waals surface area contributed by atoms with E-state index in [1.54, 1.807) is 12.1 Å². The lowest BCUT2D eigenvalue weighted by Crippen LogP contribution is -2.12. The third-order valence-corrected chi connectivity index (χ3v) is 2.67. The van der Waals surface area contributed by atoms with Crippen LogP contribution in [-0.2, 0) is 14.9 Å². The fourth-order valence-electron chi connectivity index (χ4n) is 0.940. The zero-order valence-corrected chi connectivity index (χ0v) is 10.5. The molecule has 0 aliphatic rings. The van der Waals surface area contributed by atoms with Crippen molar-refractivity contribution < 1.29 is 14.3 Å². The zero-order chi connectivity index (χ0) is 11.3. The molecule has 0 aromatic heterocycles. The Morgan fingerprint density at radius 1 is 1.53 bits per heavy atom. The van der Waals surface area contributed by atoms with Crippen LogP contribution < -0.4 is 4.74 Å². The monoisotopic (exact) mass is 292 g/mol. The predicted octanol–water partition coefficient (Wildman–Crippen LogP) is 2.79. The summed E-state index contributed by atoms with van der Waals surface area (Å²) in [5, 5.41) is 1.21. The van der Waals surface area contributed by atoms with Gasteiger partial charge in [0.25, 0.3) is 0 Å². The van der Waals surface area contributed by atoms with Crippen molar-refractivity contribution >= 4 is 33.5 Å². The molecule has 0 bridgehead atoms. The molecule has 0 heterocycles. The van der Waals surface area contributed by atoms with Crippen LogP contribution in [-0.4, -0.2) is 19.7 Å². The molecule has 1 aromatic rings. The van der Waals surface area contributed by atoms with Crippen molar-refractivity contribution in [2.75, 3.05) is 13.7 Å². The van der Waals surface area contributed by atoms with E-state index < -0.39 is 5.97 Å². The van der Waals surface area contributed by atoms with Crippen molar-refractivity contribution in [3.8, 4) is 5.75 Å². The molecule has 0 aliphatic heterocycles. The van der Waals surface area contributed by atoms with Crippen LogP contribution in [0.2, 0.25) is 5.02 Å². The molecule has 0 saturated carbocycles. The number of rotatable bonds is 4. The van der Waals surface area contributed by atoms with Crippen LogP contribution in [0.15, 0.2) is 18.2 Å². The lowest BCUT2D eigenvalue weighted by molar-refractivity contribution is -0.142. The zero-order valence-electron chi connectivity index (χ0n) is 8.13. The summed E-state index contributed by atoms with van der Waals surface area (Å²) < 4.78 is 9.61. The van der Waals surface area contributed by atoms with Crippen molar-refractivity contribution in [3.05, 3.63) is 28.8 Å². The molecule has 0 atom stereocenters. The summed E-state index contributed by atoms with van der Waals surface area (Å²) in [7, 11) is 1.31. The highest BCUT2D eigenvalue weighted by Crippen LogP contribution is 2.26. The summed E-state index contributed by atoms with van der Waals surface area (Å²) in [5.41, 5.74) is 1.05. The van der Waals surface area contributed by atoms with Gasteiger partial charge in [0.2, 0.25) is 0 Å². The van der Waals surface area contributed by atoms with Gasteiger partial charge in [-0.15, -0.1) is 0 Å². The first-order chi connectivity index (χ1) is 7.17. The van der Waals surface area contributed by atoms with Gasteiger partial charge in [-0.2, -0.15) is 0 Å². The van der Waals surface area contributed by atoms with E-state index in [4.69, 9.17) is 16.3 Å². The molecule has 15 heavy (non-hydrogen) atoms. The van der Waals surface area contributed by atoms with Crippen molar-refractivity contribution in [2.45, 2.75) is 5.33 Å². The number of ether oxygens (including phenoxy) is 2. The van der Waals surface area contributed by atoms with Gasteiger partial charge in [0.05, 0.1) is 12.1 Å². The molecule has 1 rings (SSSR count). The van der Waals surface area contributed by atoms with Crippen molar-refractivity contribution in [2.24, 2.45) is 0 Å². The summed E-state index contributed by atoms with van der Waals surface area (Å²) in [5.74, 6) is 0.0439. The van der Waals surface area contributed by atoms with Crippen LogP contribution in [0.4, 0.5) is 0 Å². The predicted molar refractivity (Wildman–Crippen MR) is 61.6 cm³/mol. The highest BCUT2D eigenvalue weighted by Gasteiger charge is 2.05. The number of carbonyl (C=O) groups excluding carboxylic acids is 1. The molecule has 1 aromatic carbocycles. The Bertz CT molecular complexity index is 355. The first-order valence-corrected chi connectivity index (χ1v) is 5.71. The molecule has 0 amide bonds. The maximum Gasteiger partial charge on any atom is 0.343 e. The minimum Gasteiger partial charge on any atom is -0.480 e. The van der Waals surface area contributed by atoms with Crippen LogP contribution in [0.25, 0.3) is 0 Å². The lowest BCUT2D eigenvalue weighted by atomic mass is 10.2. The van der Waals surface area contributed by atoms with Gasteiger partial charge in [-0.3, -0.25) is 0 Å². The summed E-state index contributed by atoms with van der Waals surface area (Å²) in [6.07, 6.45) is 0. The minimum atomic E-state index is -0.435. The van der Waals surface area contributed by atoms with E-state index >= 15 is 0 Å². The number of methoxy groups -OCH3 is 1. The fraction of sp³-hybridized carbons (Fsp3) is 0.300. The normalized spacial score (nSPS) is 9.80. The van der Waals surface area contributed by atoms with E-state index in [1.165, 1.54) is 7.11 Å². The Labute approximate surface area is 101 Å². The van der Waals surface area contributed by atoms with Gasteiger partial charge in [0.15, 0.2) is 6.61 Å². The van der Waals surface area contributed by atoms with E-state index in [2.05, 4.69) is 20.7 Å². The molecule has 0 saturated heterocycles. The van der Waals surface area contributed by atoms with Crippen LogP contribution in [0.1, 0.15) is 5.56 Å². The first-order valence-electron chi connectivity index (χ1n) is 4.21. The molecule has 0 radical (unpaired) electrons. The molecule has 0 spiro atoms. The van der Waals surface area contributed by atoms with E-state index in [1.807, 2.05) is 6.07 Å². The number of hydrogen-bond acceptors (Lipinski definition) is 3. The van der Waals surface area contributed by atoms with Crippen molar-refractivity contribution in [1.82, 2.24) is 0 Å². The summed E-state index contributed by atoms with van der Waals surface area (Å²) in [4.78, 5) is 10.8. The molecule has 82 valence electrons. The van der Waals surface area contributed by atoms with Crippen LogP contribution >= 0.6 is 27.5 Å². The van der Waals surface area contributed by atoms with E-state index in [0.717, 1.165) is 10.9 Å². The van der Waals surface area contributed by atoms with Gasteiger partial charge >= 0.3 is 5.97 Å². The van der Waals surface area contributed by atoms with E-state index in [-0.39, 0.29) is 6.61 Å². The molecule has 0 fully saturated rings. The Balaban J connectivity index is 2.66. The quantitative estimate of drug-likeness (QED) is 0.632. The standard InChI is InChI=1S/C10H10BrClO3/c1-14-10(13)6-15-9-3-2-7(5-11)4-8(9)12/h2-4H,5-6H2,1H3. The second-order valence-corrected chi connectivity index (χ2v) is 3.73. The number of esters is 1. The number of benzene rings is 1. The fourth-order valence-corrected chi connectivity index (χ4v) is 1.55. The number of carbonyl (C=O) groups is 1. The van der Waals surface area contributed by atoms with Gasteiger partial charge in [0.1, 0.15) is 5.75 Å². The van der Waals surface area contributed by atoms with Crippen LogP contribution in [0.3, 0.4) is 0 Å². The summed E-state index contributed by atoms with van der Waals surface area (Å²) in [6.45, 7) is -0.135. The third kappa shape index (κ3) is 3.72. The topological polar surface area (TPSA) is 35.5 Å². The molecule has 0 aliphatic carbocycles. The molecular formula is C10H10BrClO3. The maximum atomic E-state index is 10.8. The lowest BCUT2D eigenvalue weighted by Gasteiger charge is -2.07. The summed E-state index contributed by atoms with van der Waals surface area (Å²) >= 11 is 9.25. The second-order valence-electron chi connectivity index (χ2n) is 2.76. The van der Waals surface area contributed by atoms with Gasteiger partial charge < -0.3 is 9.47 Å². The van der Waals surface area contributed by atoms with Crippen LogP contribution in [0.5, 0.6) is 5.75 Å². The van der Waals surface area contributed by atoms with Crippen molar-refractivity contribution in [1.29, 1.82) is 0 Å². The Kier molecular flexibility index (Phi) is 4.91. The average molecular weight is 294 g/mol. The first kappa shape index (κ1) is 12.3. The highest BCUT2D eigenvalue weighted by molar-refractivity contribution is 9.08. The van der Waals surface area contributed by atoms with E-state index in [0.29, 0.717) is 10.8 Å². The SMILES string of the molecule is COC(=O)COc1ccc(CBr)cc1Cl. The van der Waals surface area contributed by atoms with Gasteiger partial charge in [-0.1, -0.05) is 33.6 Å². The number of alkyl halides is 1. The molecular weight excluding hydrogens is 283 g/mol. The van der Waals surface area contributed by atoms with E-state index in [9.17, 15) is 4.79 Å². The Morgan fingerprint density at radius 2 is 2.27 bits per heavy atom. The third-order valence-electron chi connectivity index (χ3n) is 1.72. The van der Waals surface area contributed by atoms with Gasteiger partial charge in [-0.25, -0.2) is 4.79 Å². The Morgan fingerprint density at radius 3 is 2.80 bits per heavy atom. The van der Waals surface area contributed by atoms with Crippen molar-refractivity contribution in [3.63, 3.8) is 0 Å². The Hall–Kier alpha value is -0.740. The number of hydrogen-bond donors (Lipinski definition) is 0. The van der Waals surface area contributed by atoms with Crippen LogP contribution in [0, 0.1) is 0 Å². The smallest absolute Gasteiger partial charge is 0.343 e. The molecule has 3 nitrogen and oxygen atoms in total. The number of halogens is 2. The molecule has 0 N–H and O–H groups in total. The summed E-state index contributed by atoms with van der Waals surface area (Å²) in [6, 6.07) is 5.37. The van der Waals surface area contributed by atoms with Gasteiger partial charge in [-0.05, 0) is 17.7 Å². The van der Waals surface area contributed by atoms with Gasteiger partial charge in [0, 0.05) is 5.33 Å². The maximum absolute atomic E-state index is 10.8. The molecule has 0 unspecified atom stereocenters. The average Bonchev–Trinajstić information content (AvgIpc) is 2.26.